The van der Waals surface area contributed by atoms with Crippen molar-refractivity contribution >= 4 is 11.9 Å². The van der Waals surface area contributed by atoms with E-state index >= 15 is 0 Å². The molecule has 0 bridgehead atoms. The van der Waals surface area contributed by atoms with Crippen molar-refractivity contribution in [2.45, 2.75) is 52.1 Å². The number of carbonyl (C=O) groups is 2. The number of esters is 2. The number of benzene rings is 1. The second-order valence-corrected chi connectivity index (χ2v) is 7.03. The van der Waals surface area contributed by atoms with Crippen molar-refractivity contribution in [2.75, 3.05) is 7.11 Å². The van der Waals surface area contributed by atoms with Crippen LogP contribution in [-0.2, 0) is 31.9 Å². The number of hydrogen-bond donors (Lipinski definition) is 0. The van der Waals surface area contributed by atoms with E-state index in [2.05, 4.69) is 0 Å². The van der Waals surface area contributed by atoms with E-state index in [0.29, 0.717) is 6.42 Å². The van der Waals surface area contributed by atoms with Gasteiger partial charge in [-0.1, -0.05) is 24.3 Å². The molecule has 0 amide bonds. The maximum Gasteiger partial charge on any atom is 0.312 e. The second-order valence-electron chi connectivity index (χ2n) is 7.03. The molecule has 0 aromatic heterocycles. The molecule has 1 aliphatic carbocycles. The van der Waals surface area contributed by atoms with Crippen LogP contribution in [0.4, 0.5) is 0 Å². The maximum absolute atomic E-state index is 11.9. The van der Waals surface area contributed by atoms with Gasteiger partial charge in [0.2, 0.25) is 0 Å². The smallest absolute Gasteiger partial charge is 0.312 e. The van der Waals surface area contributed by atoms with E-state index < -0.39 is 5.60 Å². The molecule has 4 heteroatoms. The summed E-state index contributed by atoms with van der Waals surface area (Å²) in [5.41, 5.74) is 1.15. The Morgan fingerprint density at radius 3 is 2.36 bits per heavy atom. The Bertz CT molecular complexity index is 565. The van der Waals surface area contributed by atoms with Crippen molar-refractivity contribution in [1.29, 1.82) is 0 Å². The molecule has 0 saturated heterocycles. The second kappa shape index (κ2) is 6.11. The van der Waals surface area contributed by atoms with Crippen LogP contribution in [0.2, 0.25) is 0 Å². The Morgan fingerprint density at radius 1 is 1.18 bits per heavy atom. The van der Waals surface area contributed by atoms with Crippen molar-refractivity contribution in [3.8, 4) is 0 Å². The van der Waals surface area contributed by atoms with Crippen LogP contribution in [0.25, 0.3) is 0 Å². The SMILES string of the molecule is COC(=O)C1(Cc2cccc(CC(=O)OC(C)(C)C)c2)CC1. The Hall–Kier alpha value is -1.84. The van der Waals surface area contributed by atoms with Crippen LogP contribution in [0, 0.1) is 5.41 Å². The molecule has 1 aromatic carbocycles. The lowest BCUT2D eigenvalue weighted by molar-refractivity contribution is -0.154. The Labute approximate surface area is 131 Å². The highest BCUT2D eigenvalue weighted by molar-refractivity contribution is 5.80. The third-order valence-corrected chi connectivity index (χ3v) is 3.77. The molecule has 0 radical (unpaired) electrons. The van der Waals surface area contributed by atoms with Gasteiger partial charge in [0.25, 0.3) is 0 Å². The summed E-state index contributed by atoms with van der Waals surface area (Å²) in [5, 5.41) is 0. The Balaban J connectivity index is 2.02. The van der Waals surface area contributed by atoms with Crippen molar-refractivity contribution < 1.29 is 19.1 Å². The first kappa shape index (κ1) is 16.5. The first-order chi connectivity index (χ1) is 10.2. The quantitative estimate of drug-likeness (QED) is 0.785. The number of hydrogen-bond acceptors (Lipinski definition) is 4. The van der Waals surface area contributed by atoms with Gasteiger partial charge in [-0.2, -0.15) is 0 Å². The predicted octanol–water partition coefficient (Wildman–Crippen LogP) is 3.07. The molecule has 4 nitrogen and oxygen atoms in total. The fourth-order valence-corrected chi connectivity index (χ4v) is 2.61. The average Bonchev–Trinajstić information content (AvgIpc) is 3.16. The van der Waals surface area contributed by atoms with E-state index in [-0.39, 0.29) is 23.8 Å². The van der Waals surface area contributed by atoms with E-state index in [1.54, 1.807) is 0 Å². The average molecular weight is 304 g/mol. The summed E-state index contributed by atoms with van der Waals surface area (Å²) in [5.74, 6) is -0.371. The summed E-state index contributed by atoms with van der Waals surface area (Å²) in [7, 11) is 1.43. The fraction of sp³-hybridized carbons (Fsp3) is 0.556. The van der Waals surface area contributed by atoms with E-state index in [1.807, 2.05) is 45.0 Å². The van der Waals surface area contributed by atoms with Crippen LogP contribution in [-0.4, -0.2) is 24.6 Å². The van der Waals surface area contributed by atoms with Crippen LogP contribution in [0.3, 0.4) is 0 Å². The van der Waals surface area contributed by atoms with Gasteiger partial charge in [0, 0.05) is 0 Å². The van der Waals surface area contributed by atoms with Crippen molar-refractivity contribution in [1.82, 2.24) is 0 Å². The summed E-state index contributed by atoms with van der Waals surface area (Å²) >= 11 is 0. The molecule has 1 fully saturated rings. The van der Waals surface area contributed by atoms with Crippen molar-refractivity contribution in [2.24, 2.45) is 5.41 Å². The largest absolute Gasteiger partial charge is 0.469 e. The van der Waals surface area contributed by atoms with Gasteiger partial charge in [0.15, 0.2) is 0 Å². The lowest BCUT2D eigenvalue weighted by Crippen LogP contribution is -2.25. The van der Waals surface area contributed by atoms with Crippen molar-refractivity contribution in [3.63, 3.8) is 0 Å². The predicted molar refractivity (Wildman–Crippen MR) is 83.4 cm³/mol. The third-order valence-electron chi connectivity index (χ3n) is 3.77. The van der Waals surface area contributed by atoms with E-state index in [0.717, 1.165) is 24.0 Å². The normalized spacial score (nSPS) is 16.0. The zero-order chi connectivity index (χ0) is 16.4. The van der Waals surface area contributed by atoms with Gasteiger partial charge >= 0.3 is 11.9 Å². The van der Waals surface area contributed by atoms with Gasteiger partial charge in [-0.15, -0.1) is 0 Å². The van der Waals surface area contributed by atoms with Crippen LogP contribution >= 0.6 is 0 Å². The van der Waals surface area contributed by atoms with Gasteiger partial charge in [-0.3, -0.25) is 9.59 Å². The number of carbonyl (C=O) groups excluding carboxylic acids is 2. The first-order valence-corrected chi connectivity index (χ1v) is 7.62. The first-order valence-electron chi connectivity index (χ1n) is 7.62. The van der Waals surface area contributed by atoms with E-state index in [9.17, 15) is 9.59 Å². The summed E-state index contributed by atoms with van der Waals surface area (Å²) in [6.07, 6.45) is 2.66. The number of methoxy groups -OCH3 is 1. The van der Waals surface area contributed by atoms with Crippen LogP contribution < -0.4 is 0 Å². The molecule has 0 heterocycles. The van der Waals surface area contributed by atoms with Crippen LogP contribution in [0.15, 0.2) is 24.3 Å². The molecule has 1 saturated carbocycles. The van der Waals surface area contributed by atoms with E-state index in [1.165, 1.54) is 7.11 Å². The lowest BCUT2D eigenvalue weighted by atomic mass is 9.95. The minimum Gasteiger partial charge on any atom is -0.469 e. The van der Waals surface area contributed by atoms with Gasteiger partial charge < -0.3 is 9.47 Å². The van der Waals surface area contributed by atoms with E-state index in [4.69, 9.17) is 9.47 Å². The summed E-state index contributed by atoms with van der Waals surface area (Å²) in [4.78, 5) is 23.7. The fourth-order valence-electron chi connectivity index (χ4n) is 2.61. The molecule has 0 atom stereocenters. The zero-order valence-corrected chi connectivity index (χ0v) is 13.8. The van der Waals surface area contributed by atoms with Crippen LogP contribution in [0.5, 0.6) is 0 Å². The minimum atomic E-state index is -0.475. The molecule has 2 rings (SSSR count). The molecular weight excluding hydrogens is 280 g/mol. The topological polar surface area (TPSA) is 52.6 Å². The minimum absolute atomic E-state index is 0.134. The molecular formula is C18H24O4. The van der Waals surface area contributed by atoms with Gasteiger partial charge in [-0.05, 0) is 51.2 Å². The summed E-state index contributed by atoms with van der Waals surface area (Å²) in [6, 6.07) is 7.79. The summed E-state index contributed by atoms with van der Waals surface area (Å²) in [6.45, 7) is 5.57. The molecule has 120 valence electrons. The highest BCUT2D eigenvalue weighted by atomic mass is 16.6. The van der Waals surface area contributed by atoms with Gasteiger partial charge in [0.05, 0.1) is 18.9 Å². The molecule has 0 N–H and O–H groups in total. The molecule has 0 unspecified atom stereocenters. The maximum atomic E-state index is 11.9. The van der Waals surface area contributed by atoms with Crippen LogP contribution in [0.1, 0.15) is 44.7 Å². The molecule has 1 aromatic rings. The Kier molecular flexibility index (Phi) is 4.59. The number of rotatable bonds is 5. The number of ether oxygens (including phenoxy) is 2. The molecule has 0 spiro atoms. The van der Waals surface area contributed by atoms with Gasteiger partial charge in [0.1, 0.15) is 5.60 Å². The summed E-state index contributed by atoms with van der Waals surface area (Å²) < 4.78 is 10.2. The molecule has 22 heavy (non-hydrogen) atoms. The standard InChI is InChI=1S/C18H24O4/c1-17(2,3)22-15(19)11-13-6-5-7-14(10-13)12-18(8-9-18)16(20)21-4/h5-7,10H,8-9,11-12H2,1-4H3. The zero-order valence-electron chi connectivity index (χ0n) is 13.8. The monoisotopic (exact) mass is 304 g/mol. The molecule has 0 aliphatic heterocycles. The lowest BCUT2D eigenvalue weighted by Gasteiger charge is -2.19. The third kappa shape index (κ3) is 4.33. The van der Waals surface area contributed by atoms with Gasteiger partial charge in [-0.25, -0.2) is 0 Å². The molecule has 1 aliphatic rings. The highest BCUT2D eigenvalue weighted by Gasteiger charge is 2.50. The van der Waals surface area contributed by atoms with Crippen molar-refractivity contribution in [3.05, 3.63) is 35.4 Å². The highest BCUT2D eigenvalue weighted by Crippen LogP contribution is 2.49. The Morgan fingerprint density at radius 2 is 1.82 bits per heavy atom.